The van der Waals surface area contributed by atoms with E-state index in [0.717, 1.165) is 12.0 Å². The van der Waals surface area contributed by atoms with Crippen molar-refractivity contribution in [3.63, 3.8) is 0 Å². The van der Waals surface area contributed by atoms with Crippen LogP contribution in [0.15, 0.2) is 22.7 Å². The smallest absolute Gasteiger partial charge is 0.283 e. The third-order valence-electron chi connectivity index (χ3n) is 3.37. The van der Waals surface area contributed by atoms with Crippen molar-refractivity contribution < 1.29 is 10.0 Å². The van der Waals surface area contributed by atoms with E-state index in [4.69, 9.17) is 5.11 Å². The zero-order valence-electron chi connectivity index (χ0n) is 11.1. The Morgan fingerprint density at radius 2 is 2.21 bits per heavy atom. The first-order valence-electron chi connectivity index (χ1n) is 6.20. The summed E-state index contributed by atoms with van der Waals surface area (Å²) in [5, 5.41) is 23.3. The third-order valence-corrected chi connectivity index (χ3v) is 4.04. The second-order valence-corrected chi connectivity index (χ2v) is 5.64. The zero-order chi connectivity index (χ0) is 14.5. The van der Waals surface area contributed by atoms with Crippen molar-refractivity contribution in [1.29, 1.82) is 0 Å². The van der Waals surface area contributed by atoms with Gasteiger partial charge in [0.2, 0.25) is 0 Å². The van der Waals surface area contributed by atoms with E-state index in [9.17, 15) is 10.1 Å². The maximum Gasteiger partial charge on any atom is 0.283 e. The second kappa shape index (κ2) is 6.98. The first-order valence-corrected chi connectivity index (χ1v) is 7.00. The van der Waals surface area contributed by atoms with Crippen molar-refractivity contribution in [2.75, 3.05) is 6.61 Å². The molecule has 0 aliphatic carbocycles. The quantitative estimate of drug-likeness (QED) is 0.595. The van der Waals surface area contributed by atoms with E-state index >= 15 is 0 Å². The monoisotopic (exact) mass is 330 g/mol. The largest absolute Gasteiger partial charge is 0.396 e. The lowest BCUT2D eigenvalue weighted by molar-refractivity contribution is -0.385. The molecule has 0 radical (unpaired) electrons. The molecule has 0 aliphatic heterocycles. The normalized spacial score (nSPS) is 14.1. The van der Waals surface area contributed by atoms with Crippen LogP contribution in [0.5, 0.6) is 0 Å². The van der Waals surface area contributed by atoms with Crippen molar-refractivity contribution >= 4 is 21.6 Å². The van der Waals surface area contributed by atoms with Gasteiger partial charge in [-0.2, -0.15) is 0 Å². The number of aliphatic hydroxyl groups is 1. The topological polar surface area (TPSA) is 75.4 Å². The van der Waals surface area contributed by atoms with Crippen molar-refractivity contribution in [1.82, 2.24) is 5.32 Å². The van der Waals surface area contributed by atoms with Crippen molar-refractivity contribution in [3.05, 3.63) is 38.3 Å². The number of rotatable bonds is 7. The standard InChI is InChI=1S/C13H19BrN2O3/c1-3-13(2,6-7-17)15-9-10-4-5-11(14)12(8-10)16(18)19/h4-5,8,15,17H,3,6-7,9H2,1-2H3. The predicted molar refractivity (Wildman–Crippen MR) is 78.0 cm³/mol. The highest BCUT2D eigenvalue weighted by molar-refractivity contribution is 9.10. The van der Waals surface area contributed by atoms with Gasteiger partial charge in [0.1, 0.15) is 0 Å². The molecular weight excluding hydrogens is 312 g/mol. The van der Waals surface area contributed by atoms with Gasteiger partial charge in [0.25, 0.3) is 5.69 Å². The fourth-order valence-electron chi connectivity index (χ4n) is 1.76. The SMILES string of the molecule is CCC(C)(CCO)NCc1ccc(Br)c([N+](=O)[O-])c1. The predicted octanol–water partition coefficient (Wildman–Crippen LogP) is 3.00. The van der Waals surface area contributed by atoms with Crippen LogP contribution in [0.4, 0.5) is 5.69 Å². The molecular formula is C13H19BrN2O3. The van der Waals surface area contributed by atoms with E-state index in [1.807, 2.05) is 19.9 Å². The lowest BCUT2D eigenvalue weighted by Gasteiger charge is -2.29. The first kappa shape index (κ1) is 16.1. The molecule has 0 spiro atoms. The summed E-state index contributed by atoms with van der Waals surface area (Å²) in [5.41, 5.74) is 0.767. The lowest BCUT2D eigenvalue weighted by atomic mass is 9.94. The first-order chi connectivity index (χ1) is 8.91. The number of nitro groups is 1. The van der Waals surface area contributed by atoms with Gasteiger partial charge >= 0.3 is 0 Å². The molecule has 0 fully saturated rings. The molecule has 0 aromatic heterocycles. The number of hydrogen-bond donors (Lipinski definition) is 2. The Balaban J connectivity index is 2.78. The van der Waals surface area contributed by atoms with Crippen LogP contribution in [0.1, 0.15) is 32.3 Å². The lowest BCUT2D eigenvalue weighted by Crippen LogP contribution is -2.42. The molecule has 0 amide bonds. The summed E-state index contributed by atoms with van der Waals surface area (Å²) in [6, 6.07) is 5.09. The van der Waals surface area contributed by atoms with E-state index in [1.165, 1.54) is 0 Å². The van der Waals surface area contributed by atoms with Gasteiger partial charge in [-0.1, -0.05) is 13.0 Å². The van der Waals surface area contributed by atoms with Gasteiger partial charge in [-0.15, -0.1) is 0 Å². The van der Waals surface area contributed by atoms with Crippen LogP contribution in [0.25, 0.3) is 0 Å². The average molecular weight is 331 g/mol. The molecule has 106 valence electrons. The van der Waals surface area contributed by atoms with Gasteiger partial charge in [-0.25, -0.2) is 0 Å². The second-order valence-electron chi connectivity index (χ2n) is 4.78. The van der Waals surface area contributed by atoms with E-state index in [1.54, 1.807) is 12.1 Å². The molecule has 1 unspecified atom stereocenters. The highest BCUT2D eigenvalue weighted by Gasteiger charge is 2.21. The van der Waals surface area contributed by atoms with E-state index in [0.29, 0.717) is 17.4 Å². The van der Waals surface area contributed by atoms with Gasteiger partial charge < -0.3 is 10.4 Å². The van der Waals surface area contributed by atoms with Crippen LogP contribution < -0.4 is 5.32 Å². The number of nitro benzene ring substituents is 1. The Bertz CT molecular complexity index is 454. The van der Waals surface area contributed by atoms with Crippen molar-refractivity contribution in [2.24, 2.45) is 0 Å². The summed E-state index contributed by atoms with van der Waals surface area (Å²) in [6.07, 6.45) is 1.54. The van der Waals surface area contributed by atoms with Gasteiger partial charge in [0.05, 0.1) is 9.40 Å². The van der Waals surface area contributed by atoms with Crippen LogP contribution in [-0.4, -0.2) is 22.2 Å². The molecule has 19 heavy (non-hydrogen) atoms. The number of nitrogens with zero attached hydrogens (tertiary/aromatic N) is 1. The minimum atomic E-state index is -0.402. The summed E-state index contributed by atoms with van der Waals surface area (Å²) in [4.78, 5) is 10.5. The van der Waals surface area contributed by atoms with Crippen LogP contribution in [0.2, 0.25) is 0 Å². The summed E-state index contributed by atoms with van der Waals surface area (Å²) < 4.78 is 0.481. The van der Waals surface area contributed by atoms with E-state index < -0.39 is 4.92 Å². The van der Waals surface area contributed by atoms with Gasteiger partial charge in [-0.05, 0) is 47.3 Å². The maximum absolute atomic E-state index is 10.9. The van der Waals surface area contributed by atoms with Crippen molar-refractivity contribution in [3.8, 4) is 0 Å². The van der Waals surface area contributed by atoms with Gasteiger partial charge in [-0.3, -0.25) is 10.1 Å². The number of hydrogen-bond acceptors (Lipinski definition) is 4. The number of benzene rings is 1. The number of aliphatic hydroxyl groups excluding tert-OH is 1. The Morgan fingerprint density at radius 1 is 1.53 bits per heavy atom. The molecule has 0 saturated heterocycles. The zero-order valence-corrected chi connectivity index (χ0v) is 12.7. The van der Waals surface area contributed by atoms with Crippen molar-refractivity contribution in [2.45, 2.75) is 38.8 Å². The molecule has 0 saturated carbocycles. The molecule has 1 aromatic rings. The summed E-state index contributed by atoms with van der Waals surface area (Å²) in [7, 11) is 0. The highest BCUT2D eigenvalue weighted by atomic mass is 79.9. The molecule has 1 rings (SSSR count). The summed E-state index contributed by atoms with van der Waals surface area (Å²) >= 11 is 3.17. The summed E-state index contributed by atoms with van der Waals surface area (Å²) in [6.45, 7) is 4.75. The van der Waals surface area contributed by atoms with Gasteiger partial charge in [0, 0.05) is 24.8 Å². The van der Waals surface area contributed by atoms with E-state index in [-0.39, 0.29) is 17.8 Å². The van der Waals surface area contributed by atoms with Gasteiger partial charge in [0.15, 0.2) is 0 Å². The maximum atomic E-state index is 10.9. The minimum absolute atomic E-state index is 0.0691. The fraction of sp³-hybridized carbons (Fsp3) is 0.538. The molecule has 2 N–H and O–H groups in total. The Morgan fingerprint density at radius 3 is 2.74 bits per heavy atom. The van der Waals surface area contributed by atoms with Crippen LogP contribution in [0, 0.1) is 10.1 Å². The fourth-order valence-corrected chi connectivity index (χ4v) is 2.15. The summed E-state index contributed by atoms with van der Waals surface area (Å²) in [5.74, 6) is 0. The van der Waals surface area contributed by atoms with Crippen LogP contribution in [-0.2, 0) is 6.54 Å². The molecule has 0 aliphatic rings. The minimum Gasteiger partial charge on any atom is -0.396 e. The molecule has 1 atom stereocenters. The Labute approximate surface area is 121 Å². The average Bonchev–Trinajstić information content (AvgIpc) is 2.38. The molecule has 0 heterocycles. The van der Waals surface area contributed by atoms with Crippen LogP contribution in [0.3, 0.4) is 0 Å². The number of nitrogens with one attached hydrogen (secondary N) is 1. The number of halogens is 1. The molecule has 5 nitrogen and oxygen atoms in total. The Hall–Kier alpha value is -0.980. The van der Waals surface area contributed by atoms with Crippen LogP contribution >= 0.6 is 15.9 Å². The molecule has 0 bridgehead atoms. The Kier molecular flexibility index (Phi) is 5.90. The third kappa shape index (κ3) is 4.56. The molecule has 1 aromatic carbocycles. The van der Waals surface area contributed by atoms with E-state index in [2.05, 4.69) is 21.2 Å². The highest BCUT2D eigenvalue weighted by Crippen LogP contribution is 2.26. The molecule has 6 heteroatoms.